The Hall–Kier alpha value is -5.15. The van der Waals surface area contributed by atoms with Crippen molar-refractivity contribution in [1.29, 1.82) is 0 Å². The minimum atomic E-state index is -1.45. The molecule has 2 N–H and O–H groups in total. The number of hydrogen-bond acceptors (Lipinski definition) is 8. The van der Waals surface area contributed by atoms with E-state index in [1.54, 1.807) is 0 Å². The first-order chi connectivity index (χ1) is 29.8. The standard InChI is InChI=1S/C22H28N2.2C16H24O4.Ni/c1-7-10-20(24-22-17(4)13-9-14-18(22)5)19(6)23-21-15(2)11-8-12-16(21)3;2*1-8(2)11-7-12(9(3)4)15(20-16(18)19)14(17)13(11)10(5)6;/h8-9,11-14H,7,10H2,1-6H3;2*7-10,17H,1-6H3,(H,18,19);/q;;;+2/p-2. The molecule has 0 saturated heterocycles. The number of aryl methyl sites for hydroxylation is 4. The third-order valence-electron chi connectivity index (χ3n) is 11.0. The van der Waals surface area contributed by atoms with Crippen molar-refractivity contribution >= 4 is 35.1 Å². The van der Waals surface area contributed by atoms with Crippen LogP contribution in [-0.4, -0.2) is 33.9 Å². The van der Waals surface area contributed by atoms with Crippen LogP contribution in [-0.2, 0) is 16.5 Å². The van der Waals surface area contributed by atoms with Gasteiger partial charge in [-0.25, -0.2) is 9.59 Å². The molecule has 0 amide bonds. The van der Waals surface area contributed by atoms with E-state index < -0.39 is 12.3 Å². The molecule has 0 aromatic heterocycles. The van der Waals surface area contributed by atoms with E-state index in [1.165, 1.54) is 22.3 Å². The average Bonchev–Trinajstić information content (AvgIpc) is 3.18. The molecule has 0 heterocycles. The fourth-order valence-corrected chi connectivity index (χ4v) is 7.67. The Morgan fingerprint density at radius 2 is 0.862 bits per heavy atom. The van der Waals surface area contributed by atoms with Gasteiger partial charge in [0.2, 0.25) is 0 Å². The van der Waals surface area contributed by atoms with E-state index >= 15 is 0 Å². The van der Waals surface area contributed by atoms with Crippen LogP contribution >= 0.6 is 0 Å². The zero-order valence-electron chi connectivity index (χ0n) is 42.1. The summed E-state index contributed by atoms with van der Waals surface area (Å²) in [7, 11) is 0. The summed E-state index contributed by atoms with van der Waals surface area (Å²) in [4.78, 5) is 31.6. The summed E-state index contributed by atoms with van der Waals surface area (Å²) in [5, 5.41) is 42.9. The number of carboxylic acid groups (broad SMARTS) is 2. The van der Waals surface area contributed by atoms with Gasteiger partial charge >= 0.3 is 28.8 Å². The molecule has 65 heavy (non-hydrogen) atoms. The Balaban J connectivity index is 0.000000487. The van der Waals surface area contributed by atoms with Crippen LogP contribution in [0.5, 0.6) is 23.0 Å². The Kier molecular flexibility index (Phi) is 23.2. The number of aliphatic imine (C=N–C) groups is 2. The van der Waals surface area contributed by atoms with Gasteiger partial charge in [0.05, 0.1) is 22.8 Å². The molecule has 4 rings (SSSR count). The minimum absolute atomic E-state index is 0. The molecular weight excluding hydrogens is 863 g/mol. The molecule has 4 aromatic rings. The molecule has 0 bridgehead atoms. The van der Waals surface area contributed by atoms with Crippen LogP contribution in [0.3, 0.4) is 0 Å². The van der Waals surface area contributed by atoms with Crippen molar-refractivity contribution in [1.82, 2.24) is 0 Å². The van der Waals surface area contributed by atoms with Crippen LogP contribution < -0.4 is 19.7 Å². The second-order valence-electron chi connectivity index (χ2n) is 18.4. The van der Waals surface area contributed by atoms with Crippen LogP contribution in [0.15, 0.2) is 58.5 Å². The Morgan fingerprint density at radius 3 is 1.12 bits per heavy atom. The van der Waals surface area contributed by atoms with Crippen molar-refractivity contribution in [2.45, 2.75) is 173 Å². The third kappa shape index (κ3) is 15.8. The molecular formula is C54H74N2NiO8. The van der Waals surface area contributed by atoms with Crippen LogP contribution in [0.4, 0.5) is 21.0 Å². The van der Waals surface area contributed by atoms with E-state index in [-0.39, 0.29) is 75.0 Å². The second kappa shape index (κ2) is 26.1. The fourth-order valence-electron chi connectivity index (χ4n) is 7.67. The summed E-state index contributed by atoms with van der Waals surface area (Å²) in [5.41, 5.74) is 13.7. The summed E-state index contributed by atoms with van der Waals surface area (Å²) in [6, 6.07) is 16.5. The van der Waals surface area contributed by atoms with Gasteiger partial charge in [0.25, 0.3) is 0 Å². The van der Waals surface area contributed by atoms with E-state index in [9.17, 15) is 19.8 Å². The van der Waals surface area contributed by atoms with E-state index in [1.807, 2.05) is 95.2 Å². The fraction of sp³-hybridized carbons (Fsp3) is 0.481. The van der Waals surface area contributed by atoms with E-state index in [0.29, 0.717) is 22.3 Å². The molecule has 0 aliphatic carbocycles. The first kappa shape index (κ1) is 57.9. The first-order valence-electron chi connectivity index (χ1n) is 22.6. The van der Waals surface area contributed by atoms with Gasteiger partial charge in [0.1, 0.15) is 11.5 Å². The number of hydrogen-bond donors (Lipinski definition) is 2. The molecule has 11 heteroatoms. The topological polar surface area (TPSA) is 164 Å². The normalized spacial score (nSPS) is 11.7. The number of para-hydroxylation sites is 2. The molecule has 0 unspecified atom stereocenters. The number of benzene rings is 4. The number of carbonyl (C=O) groups is 2. The molecule has 0 radical (unpaired) electrons. The zero-order chi connectivity index (χ0) is 48.9. The summed E-state index contributed by atoms with van der Waals surface area (Å²) in [6.45, 7) is 36.3. The Morgan fingerprint density at radius 1 is 0.554 bits per heavy atom. The maximum Gasteiger partial charge on any atom is 2.00 e. The maximum absolute atomic E-state index is 12.6. The van der Waals surface area contributed by atoms with E-state index in [4.69, 9.17) is 29.7 Å². The quantitative estimate of drug-likeness (QED) is 0.0579. The van der Waals surface area contributed by atoms with Crippen LogP contribution in [0, 0.1) is 27.7 Å². The van der Waals surface area contributed by atoms with Gasteiger partial charge in [-0.05, 0) is 132 Å². The summed E-state index contributed by atoms with van der Waals surface area (Å²) >= 11 is 0. The van der Waals surface area contributed by atoms with Gasteiger partial charge in [0.15, 0.2) is 0 Å². The predicted molar refractivity (Wildman–Crippen MR) is 260 cm³/mol. The number of ether oxygens (including phenoxy) is 2. The first-order valence-corrected chi connectivity index (χ1v) is 22.6. The maximum atomic E-state index is 12.6. The molecule has 0 fully saturated rings. The Labute approximate surface area is 399 Å². The van der Waals surface area contributed by atoms with Crippen molar-refractivity contribution in [3.8, 4) is 23.0 Å². The monoisotopic (exact) mass is 936 g/mol. The largest absolute Gasteiger partial charge is 2.00 e. The smallest absolute Gasteiger partial charge is 0.870 e. The minimum Gasteiger partial charge on any atom is -0.870 e. The van der Waals surface area contributed by atoms with Crippen molar-refractivity contribution in [2.24, 2.45) is 9.98 Å². The van der Waals surface area contributed by atoms with Crippen molar-refractivity contribution < 1.29 is 56.0 Å². The van der Waals surface area contributed by atoms with Gasteiger partial charge in [-0.3, -0.25) is 9.98 Å². The van der Waals surface area contributed by atoms with Gasteiger partial charge in [-0.2, -0.15) is 0 Å². The van der Waals surface area contributed by atoms with E-state index in [0.717, 1.165) is 46.8 Å². The SMILES string of the molecule is CC(C)c1cc(C(C)C)c(C(C)C)c([O-])c1OC(=O)O.CC(C)c1cc(C(C)C)c(C(C)C)c([O-])c1OC(=O)O.CCCC(=Nc1c(C)cccc1C)C(C)=Nc1c(C)cccc1C.[Ni+2]. The third-order valence-corrected chi connectivity index (χ3v) is 11.0. The summed E-state index contributed by atoms with van der Waals surface area (Å²) in [5.74, 6) is -0.162. The van der Waals surface area contributed by atoms with Gasteiger partial charge in [0, 0.05) is 0 Å². The molecule has 358 valence electrons. The van der Waals surface area contributed by atoms with Crippen LogP contribution in [0.2, 0.25) is 0 Å². The second-order valence-corrected chi connectivity index (χ2v) is 18.4. The van der Waals surface area contributed by atoms with Gasteiger partial charge in [-0.15, -0.1) is 0 Å². The Bertz CT molecular complexity index is 2170. The van der Waals surface area contributed by atoms with Crippen LogP contribution in [0.25, 0.3) is 0 Å². The van der Waals surface area contributed by atoms with E-state index in [2.05, 4.69) is 77.9 Å². The van der Waals surface area contributed by atoms with Crippen LogP contribution in [0.1, 0.15) is 201 Å². The molecule has 0 aliphatic rings. The molecule has 0 saturated carbocycles. The number of nitrogens with zero attached hydrogens (tertiary/aromatic N) is 2. The average molecular weight is 938 g/mol. The number of rotatable bonds is 13. The van der Waals surface area contributed by atoms with Gasteiger partial charge < -0.3 is 29.9 Å². The molecule has 0 spiro atoms. The van der Waals surface area contributed by atoms with Crippen molar-refractivity contribution in [3.05, 3.63) is 104 Å². The molecule has 0 aliphatic heterocycles. The molecule has 10 nitrogen and oxygen atoms in total. The van der Waals surface area contributed by atoms with Crippen molar-refractivity contribution in [2.75, 3.05) is 0 Å². The summed E-state index contributed by atoms with van der Waals surface area (Å²) < 4.78 is 9.53. The van der Waals surface area contributed by atoms with Crippen molar-refractivity contribution in [3.63, 3.8) is 0 Å². The molecule has 0 atom stereocenters. The van der Waals surface area contributed by atoms with Gasteiger partial charge in [-0.1, -0.05) is 156 Å². The predicted octanol–water partition coefficient (Wildman–Crippen LogP) is 15.0. The molecule has 4 aromatic carbocycles. The summed E-state index contributed by atoms with van der Waals surface area (Å²) in [6.07, 6.45) is -0.899. The zero-order valence-corrected chi connectivity index (χ0v) is 43.0.